The van der Waals surface area contributed by atoms with Crippen LogP contribution in [0.1, 0.15) is 19.4 Å². The fourth-order valence-corrected chi connectivity index (χ4v) is 3.03. The van der Waals surface area contributed by atoms with Crippen LogP contribution in [0, 0.1) is 23.3 Å². The lowest BCUT2D eigenvalue weighted by Crippen LogP contribution is -2.32. The Kier molecular flexibility index (Phi) is 5.58. The third kappa shape index (κ3) is 3.42. The van der Waals surface area contributed by atoms with Crippen molar-refractivity contribution in [3.63, 3.8) is 0 Å². The molecular formula is C20H17F4N3O. The molecule has 0 saturated heterocycles. The maximum atomic E-state index is 14.6. The number of fused-ring (bicyclic) bond motifs is 1. The van der Waals surface area contributed by atoms with Gasteiger partial charge in [-0.15, -0.1) is 0 Å². The van der Waals surface area contributed by atoms with Gasteiger partial charge in [0.2, 0.25) is 5.91 Å². The summed E-state index contributed by atoms with van der Waals surface area (Å²) in [6.07, 6.45) is 0.508. The predicted molar refractivity (Wildman–Crippen MR) is 96.4 cm³/mol. The van der Waals surface area contributed by atoms with Crippen molar-refractivity contribution in [2.75, 3.05) is 13.1 Å². The van der Waals surface area contributed by atoms with Gasteiger partial charge in [-0.1, -0.05) is 12.1 Å². The molecule has 3 aromatic rings. The van der Waals surface area contributed by atoms with E-state index in [1.165, 1.54) is 4.90 Å². The third-order valence-corrected chi connectivity index (χ3v) is 4.51. The van der Waals surface area contributed by atoms with Gasteiger partial charge in [-0.25, -0.2) is 22.5 Å². The van der Waals surface area contributed by atoms with Crippen molar-refractivity contribution in [2.45, 2.75) is 20.3 Å². The summed E-state index contributed by atoms with van der Waals surface area (Å²) in [5.41, 5.74) is -0.509. The summed E-state index contributed by atoms with van der Waals surface area (Å²) in [4.78, 5) is 22.1. The Hall–Kier alpha value is -3.03. The quantitative estimate of drug-likeness (QED) is 0.371. The summed E-state index contributed by atoms with van der Waals surface area (Å²) in [5.74, 6) is -7.67. The van der Waals surface area contributed by atoms with Crippen LogP contribution in [0.25, 0.3) is 22.3 Å². The number of nitrogens with zero attached hydrogens (tertiary/aromatic N) is 3. The van der Waals surface area contributed by atoms with E-state index in [1.807, 2.05) is 0 Å². The van der Waals surface area contributed by atoms with E-state index >= 15 is 0 Å². The normalized spacial score (nSPS) is 11.1. The van der Waals surface area contributed by atoms with Crippen LogP contribution in [-0.4, -0.2) is 33.9 Å². The molecule has 0 aliphatic carbocycles. The van der Waals surface area contributed by atoms with Crippen molar-refractivity contribution >= 4 is 16.9 Å². The molecule has 0 N–H and O–H groups in total. The highest BCUT2D eigenvalue weighted by Crippen LogP contribution is 2.32. The predicted octanol–water partition coefficient (Wildman–Crippen LogP) is 4.26. The van der Waals surface area contributed by atoms with Gasteiger partial charge >= 0.3 is 0 Å². The second-order valence-corrected chi connectivity index (χ2v) is 6.10. The van der Waals surface area contributed by atoms with Gasteiger partial charge in [0, 0.05) is 24.2 Å². The lowest BCUT2D eigenvalue weighted by molar-refractivity contribution is -0.130. The van der Waals surface area contributed by atoms with Crippen molar-refractivity contribution in [3.05, 3.63) is 59.3 Å². The number of likely N-dealkylation sites (N-methyl/N-ethyl adjacent to an activating group) is 1. The van der Waals surface area contributed by atoms with Crippen LogP contribution in [0.5, 0.6) is 0 Å². The minimum absolute atomic E-state index is 0.184. The summed E-state index contributed by atoms with van der Waals surface area (Å²) in [6, 6.07) is 6.66. The Morgan fingerprint density at radius 2 is 1.54 bits per heavy atom. The number of hydrogen-bond acceptors (Lipinski definition) is 3. The summed E-state index contributed by atoms with van der Waals surface area (Å²) in [5, 5.41) is 0. The summed E-state index contributed by atoms with van der Waals surface area (Å²) in [7, 11) is 0. The van der Waals surface area contributed by atoms with Crippen LogP contribution in [0.2, 0.25) is 0 Å². The second-order valence-electron chi connectivity index (χ2n) is 6.10. The number of benzene rings is 2. The topological polar surface area (TPSA) is 46.1 Å². The Labute approximate surface area is 158 Å². The van der Waals surface area contributed by atoms with E-state index in [9.17, 15) is 22.4 Å². The van der Waals surface area contributed by atoms with E-state index in [0.717, 1.165) is 6.20 Å². The molecule has 0 spiro atoms. The largest absolute Gasteiger partial charge is 0.343 e. The molecule has 4 nitrogen and oxygen atoms in total. The average molecular weight is 391 g/mol. The summed E-state index contributed by atoms with van der Waals surface area (Å²) >= 11 is 0. The molecule has 0 aliphatic heterocycles. The number of aromatic nitrogens is 2. The first-order valence-electron chi connectivity index (χ1n) is 8.73. The highest BCUT2D eigenvalue weighted by Gasteiger charge is 2.29. The molecule has 0 saturated carbocycles. The van der Waals surface area contributed by atoms with Crippen LogP contribution < -0.4 is 0 Å². The van der Waals surface area contributed by atoms with Crippen molar-refractivity contribution in [1.82, 2.24) is 14.9 Å². The maximum absolute atomic E-state index is 14.6. The van der Waals surface area contributed by atoms with Crippen molar-refractivity contribution in [2.24, 2.45) is 0 Å². The number of hydrogen-bond donors (Lipinski definition) is 0. The molecule has 0 radical (unpaired) electrons. The molecule has 28 heavy (non-hydrogen) atoms. The Balaban J connectivity index is 2.22. The number of carbonyl (C=O) groups excluding carboxylic acids is 1. The fraction of sp³-hybridized carbons (Fsp3) is 0.250. The second kappa shape index (κ2) is 7.92. The van der Waals surface area contributed by atoms with Gasteiger partial charge in [0.15, 0.2) is 23.3 Å². The fourth-order valence-electron chi connectivity index (χ4n) is 3.03. The molecule has 0 fully saturated rings. The molecule has 2 aromatic carbocycles. The van der Waals surface area contributed by atoms with Gasteiger partial charge in [0.05, 0.1) is 29.3 Å². The van der Waals surface area contributed by atoms with Crippen LogP contribution in [0.15, 0.2) is 30.5 Å². The van der Waals surface area contributed by atoms with Crippen molar-refractivity contribution in [1.29, 1.82) is 0 Å². The molecule has 1 aromatic heterocycles. The van der Waals surface area contributed by atoms with E-state index < -0.39 is 46.7 Å². The van der Waals surface area contributed by atoms with E-state index in [0.29, 0.717) is 24.1 Å². The number of halogens is 4. The van der Waals surface area contributed by atoms with Crippen LogP contribution in [0.3, 0.4) is 0 Å². The molecule has 3 rings (SSSR count). The van der Waals surface area contributed by atoms with Crippen molar-refractivity contribution in [3.8, 4) is 11.3 Å². The minimum Gasteiger partial charge on any atom is -0.343 e. The SMILES string of the molecule is CCN(CC)C(=O)Cc1c(F)c(F)c(F)c(F)c1-c1cnc2ccccc2n1. The number of carbonyl (C=O) groups is 1. The first kappa shape index (κ1) is 19.7. The van der Waals surface area contributed by atoms with Crippen LogP contribution in [0.4, 0.5) is 17.6 Å². The van der Waals surface area contributed by atoms with E-state index in [2.05, 4.69) is 9.97 Å². The van der Waals surface area contributed by atoms with Gasteiger partial charge in [0.25, 0.3) is 0 Å². The van der Waals surface area contributed by atoms with E-state index in [-0.39, 0.29) is 5.69 Å². The molecule has 0 aliphatic rings. The van der Waals surface area contributed by atoms with Crippen LogP contribution in [-0.2, 0) is 11.2 Å². The molecular weight excluding hydrogens is 374 g/mol. The van der Waals surface area contributed by atoms with Crippen molar-refractivity contribution < 1.29 is 22.4 Å². The zero-order chi connectivity index (χ0) is 20.4. The maximum Gasteiger partial charge on any atom is 0.227 e. The molecule has 8 heteroatoms. The van der Waals surface area contributed by atoms with Gasteiger partial charge in [-0.3, -0.25) is 9.78 Å². The first-order valence-corrected chi connectivity index (χ1v) is 8.73. The minimum atomic E-state index is -1.96. The average Bonchev–Trinajstić information content (AvgIpc) is 2.71. The standard InChI is InChI=1S/C20H17F4N3O/c1-3-27(4-2)15(28)9-11-16(18(22)20(24)19(23)17(11)21)14-10-25-12-7-5-6-8-13(12)26-14/h5-8,10H,3-4,9H2,1-2H3. The molecule has 1 amide bonds. The zero-order valence-corrected chi connectivity index (χ0v) is 15.3. The Morgan fingerprint density at radius 1 is 0.929 bits per heavy atom. The monoisotopic (exact) mass is 391 g/mol. The zero-order valence-electron chi connectivity index (χ0n) is 15.3. The van der Waals surface area contributed by atoms with Crippen LogP contribution >= 0.6 is 0 Å². The smallest absolute Gasteiger partial charge is 0.227 e. The third-order valence-electron chi connectivity index (χ3n) is 4.51. The van der Waals surface area contributed by atoms with Gasteiger partial charge in [-0.05, 0) is 26.0 Å². The molecule has 146 valence electrons. The van der Waals surface area contributed by atoms with Gasteiger partial charge < -0.3 is 4.90 Å². The number of rotatable bonds is 5. The summed E-state index contributed by atoms with van der Waals surface area (Å²) < 4.78 is 57.0. The summed E-state index contributed by atoms with van der Waals surface area (Å²) in [6.45, 7) is 4.13. The molecule has 0 atom stereocenters. The van der Waals surface area contributed by atoms with Gasteiger partial charge in [-0.2, -0.15) is 0 Å². The van der Waals surface area contributed by atoms with Gasteiger partial charge in [0.1, 0.15) is 0 Å². The van der Waals surface area contributed by atoms with E-state index in [1.54, 1.807) is 38.1 Å². The number of para-hydroxylation sites is 2. The molecule has 0 unspecified atom stereocenters. The highest BCUT2D eigenvalue weighted by molar-refractivity contribution is 5.83. The number of amides is 1. The lowest BCUT2D eigenvalue weighted by Gasteiger charge is -2.20. The van der Waals surface area contributed by atoms with E-state index in [4.69, 9.17) is 0 Å². The lowest BCUT2D eigenvalue weighted by atomic mass is 9.98. The first-order chi connectivity index (χ1) is 13.4. The Bertz CT molecular complexity index is 1050. The molecule has 0 bridgehead atoms. The molecule has 1 heterocycles. The Morgan fingerprint density at radius 3 is 2.18 bits per heavy atom. The highest BCUT2D eigenvalue weighted by atomic mass is 19.2.